The summed E-state index contributed by atoms with van der Waals surface area (Å²) in [4.78, 5) is 16.1. The Morgan fingerprint density at radius 3 is 2.58 bits per heavy atom. The summed E-state index contributed by atoms with van der Waals surface area (Å²) in [5.41, 5.74) is 1.72. The Morgan fingerprint density at radius 2 is 1.94 bits per heavy atom. The lowest BCUT2D eigenvalue weighted by Crippen LogP contribution is -2.57. The highest BCUT2D eigenvalue weighted by atomic mass is 35.5. The summed E-state index contributed by atoms with van der Waals surface area (Å²) >= 11 is 12.6. The van der Waals surface area contributed by atoms with Crippen LogP contribution in [0.25, 0.3) is 0 Å². The molecule has 2 fully saturated rings. The first-order chi connectivity index (χ1) is 14.9. The van der Waals surface area contributed by atoms with E-state index in [1.54, 1.807) is 0 Å². The van der Waals surface area contributed by atoms with Crippen LogP contribution in [-0.4, -0.2) is 30.1 Å². The quantitative estimate of drug-likeness (QED) is 0.461. The van der Waals surface area contributed by atoms with Crippen molar-refractivity contribution < 1.29 is 9.53 Å². The molecule has 3 nitrogen and oxygen atoms in total. The van der Waals surface area contributed by atoms with Crippen molar-refractivity contribution in [2.45, 2.75) is 50.6 Å². The molecule has 164 valence electrons. The summed E-state index contributed by atoms with van der Waals surface area (Å²) in [5.74, 6) is 0.283. The van der Waals surface area contributed by atoms with Gasteiger partial charge in [-0.3, -0.25) is 4.79 Å². The number of nitrogens with zero attached hydrogens (tertiary/aromatic N) is 1. The van der Waals surface area contributed by atoms with Crippen molar-refractivity contribution >= 4 is 29.1 Å². The third kappa shape index (κ3) is 4.55. The van der Waals surface area contributed by atoms with E-state index < -0.39 is 5.41 Å². The largest absolute Gasteiger partial charge is 0.379 e. The highest BCUT2D eigenvalue weighted by Crippen LogP contribution is 2.52. The molecule has 0 bridgehead atoms. The van der Waals surface area contributed by atoms with Crippen LogP contribution in [0, 0.1) is 5.41 Å². The summed E-state index contributed by atoms with van der Waals surface area (Å²) in [6.07, 6.45) is 5.14. The average Bonchev–Trinajstić information content (AvgIpc) is 2.77. The predicted octanol–water partition coefficient (Wildman–Crippen LogP) is 6.81. The fourth-order valence-corrected chi connectivity index (χ4v) is 5.56. The van der Waals surface area contributed by atoms with E-state index in [0.717, 1.165) is 37.0 Å². The SMILES string of the molecule is C=CCC1(C)CC(c2cccc(Cl)c2)C(c2ccc(Cl)cc2)N(C2CCCOC2)C1=O. The third-order valence-corrected chi connectivity index (χ3v) is 7.20. The Hall–Kier alpha value is -1.81. The second kappa shape index (κ2) is 9.36. The van der Waals surface area contributed by atoms with E-state index in [1.807, 2.05) is 48.5 Å². The van der Waals surface area contributed by atoms with Crippen molar-refractivity contribution in [2.24, 2.45) is 5.41 Å². The maximum Gasteiger partial charge on any atom is 0.229 e. The van der Waals surface area contributed by atoms with Crippen LogP contribution >= 0.6 is 23.2 Å². The minimum atomic E-state index is -0.519. The van der Waals surface area contributed by atoms with Gasteiger partial charge in [-0.25, -0.2) is 0 Å². The van der Waals surface area contributed by atoms with Gasteiger partial charge in [-0.1, -0.05) is 60.5 Å². The van der Waals surface area contributed by atoms with Gasteiger partial charge in [0.25, 0.3) is 0 Å². The fraction of sp³-hybridized carbons (Fsp3) is 0.423. The molecule has 31 heavy (non-hydrogen) atoms. The average molecular weight is 458 g/mol. The van der Waals surface area contributed by atoms with Crippen LogP contribution < -0.4 is 0 Å². The van der Waals surface area contributed by atoms with Crippen LogP contribution in [-0.2, 0) is 9.53 Å². The number of hydrogen-bond donors (Lipinski definition) is 0. The Labute approximate surface area is 195 Å². The van der Waals surface area contributed by atoms with Crippen LogP contribution in [0.5, 0.6) is 0 Å². The number of amides is 1. The van der Waals surface area contributed by atoms with Gasteiger partial charge in [-0.15, -0.1) is 6.58 Å². The van der Waals surface area contributed by atoms with Crippen LogP contribution in [0.15, 0.2) is 61.2 Å². The van der Waals surface area contributed by atoms with Crippen molar-refractivity contribution in [3.8, 4) is 0 Å². The van der Waals surface area contributed by atoms with Crippen LogP contribution in [0.4, 0.5) is 0 Å². The summed E-state index contributed by atoms with van der Waals surface area (Å²) in [5, 5.41) is 1.40. The zero-order valence-electron chi connectivity index (χ0n) is 17.9. The van der Waals surface area contributed by atoms with E-state index in [0.29, 0.717) is 23.1 Å². The van der Waals surface area contributed by atoms with Gasteiger partial charge in [-0.2, -0.15) is 0 Å². The van der Waals surface area contributed by atoms with Gasteiger partial charge in [0.1, 0.15) is 0 Å². The molecular weight excluding hydrogens is 429 g/mol. The van der Waals surface area contributed by atoms with Gasteiger partial charge in [0.2, 0.25) is 5.91 Å². The number of allylic oxidation sites excluding steroid dienone is 1. The molecule has 2 aliphatic heterocycles. The summed E-state index contributed by atoms with van der Waals surface area (Å²) in [6.45, 7) is 7.34. The van der Waals surface area contributed by atoms with Crippen molar-refractivity contribution in [3.05, 3.63) is 82.4 Å². The molecule has 0 N–H and O–H groups in total. The number of halogens is 2. The molecule has 4 rings (SSSR count). The molecule has 2 aliphatic rings. The lowest BCUT2D eigenvalue weighted by atomic mass is 9.67. The van der Waals surface area contributed by atoms with Crippen LogP contribution in [0.3, 0.4) is 0 Å². The molecule has 1 amide bonds. The topological polar surface area (TPSA) is 29.5 Å². The molecule has 2 aromatic carbocycles. The minimum absolute atomic E-state index is 0.0491. The van der Waals surface area contributed by atoms with Crippen LogP contribution in [0.1, 0.15) is 55.7 Å². The number of hydrogen-bond acceptors (Lipinski definition) is 2. The molecule has 2 heterocycles. The van der Waals surface area contributed by atoms with E-state index in [1.165, 1.54) is 0 Å². The second-order valence-corrected chi connectivity index (χ2v) is 9.87. The number of piperidine rings is 1. The lowest BCUT2D eigenvalue weighted by Gasteiger charge is -2.52. The molecule has 0 aromatic heterocycles. The molecule has 4 unspecified atom stereocenters. The van der Waals surface area contributed by atoms with Gasteiger partial charge < -0.3 is 9.64 Å². The van der Waals surface area contributed by atoms with Crippen molar-refractivity contribution in [2.75, 3.05) is 13.2 Å². The van der Waals surface area contributed by atoms with Gasteiger partial charge in [-0.05, 0) is 61.1 Å². The first-order valence-corrected chi connectivity index (χ1v) is 11.7. The third-order valence-electron chi connectivity index (χ3n) is 6.71. The molecule has 4 atom stereocenters. The normalized spacial score (nSPS) is 29.1. The Bertz CT molecular complexity index is 939. The highest BCUT2D eigenvalue weighted by Gasteiger charge is 2.51. The molecule has 2 saturated heterocycles. The molecule has 0 spiro atoms. The monoisotopic (exact) mass is 457 g/mol. The van der Waals surface area contributed by atoms with Gasteiger partial charge >= 0.3 is 0 Å². The molecule has 5 heteroatoms. The summed E-state index contributed by atoms with van der Waals surface area (Å²) in [6, 6.07) is 15.9. The smallest absolute Gasteiger partial charge is 0.229 e. The zero-order valence-corrected chi connectivity index (χ0v) is 19.4. The number of likely N-dealkylation sites (tertiary alicyclic amines) is 1. The maximum atomic E-state index is 14.0. The molecule has 0 aliphatic carbocycles. The molecule has 0 radical (unpaired) electrons. The van der Waals surface area contributed by atoms with E-state index in [4.69, 9.17) is 27.9 Å². The number of ether oxygens (including phenoxy) is 1. The minimum Gasteiger partial charge on any atom is -0.379 e. The lowest BCUT2D eigenvalue weighted by molar-refractivity contribution is -0.158. The van der Waals surface area contributed by atoms with Crippen molar-refractivity contribution in [1.29, 1.82) is 0 Å². The highest BCUT2D eigenvalue weighted by molar-refractivity contribution is 6.30. The standard InChI is InChI=1S/C26H29Cl2NO2/c1-3-13-26(2)16-23(19-6-4-7-21(28)15-19)24(18-9-11-20(27)12-10-18)29(25(26)30)22-8-5-14-31-17-22/h3-4,6-7,9-12,15,22-24H,1,5,8,13-14,16-17H2,2H3. The number of carbonyl (C=O) groups excluding carboxylic acids is 1. The number of benzene rings is 2. The fourth-order valence-electron chi connectivity index (χ4n) is 5.23. The molecule has 0 saturated carbocycles. The second-order valence-electron chi connectivity index (χ2n) is 9.00. The zero-order chi connectivity index (χ0) is 22.0. The maximum absolute atomic E-state index is 14.0. The van der Waals surface area contributed by atoms with Crippen molar-refractivity contribution in [1.82, 2.24) is 4.90 Å². The predicted molar refractivity (Wildman–Crippen MR) is 127 cm³/mol. The van der Waals surface area contributed by atoms with E-state index in [9.17, 15) is 4.79 Å². The summed E-state index contributed by atoms with van der Waals surface area (Å²) in [7, 11) is 0. The van der Waals surface area contributed by atoms with Gasteiger partial charge in [0, 0.05) is 22.6 Å². The number of rotatable bonds is 5. The number of carbonyl (C=O) groups is 1. The van der Waals surface area contributed by atoms with Gasteiger partial charge in [0.05, 0.1) is 24.1 Å². The van der Waals surface area contributed by atoms with E-state index >= 15 is 0 Å². The van der Waals surface area contributed by atoms with Crippen molar-refractivity contribution in [3.63, 3.8) is 0 Å². The Kier molecular flexibility index (Phi) is 6.76. The van der Waals surface area contributed by atoms with E-state index in [-0.39, 0.29) is 23.9 Å². The van der Waals surface area contributed by atoms with Gasteiger partial charge in [0.15, 0.2) is 0 Å². The summed E-state index contributed by atoms with van der Waals surface area (Å²) < 4.78 is 5.82. The molecular formula is C26H29Cl2NO2. The van der Waals surface area contributed by atoms with Crippen LogP contribution in [0.2, 0.25) is 10.0 Å². The Morgan fingerprint density at radius 1 is 1.16 bits per heavy atom. The first-order valence-electron chi connectivity index (χ1n) is 11.0. The van der Waals surface area contributed by atoms with E-state index in [2.05, 4.69) is 24.5 Å². The first kappa shape index (κ1) is 22.4. The Balaban J connectivity index is 1.87. The molecule has 2 aromatic rings.